The lowest BCUT2D eigenvalue weighted by atomic mass is 10.1. The fourth-order valence-corrected chi connectivity index (χ4v) is 2.74. The van der Waals surface area contributed by atoms with Gasteiger partial charge in [-0.3, -0.25) is 4.99 Å². The Morgan fingerprint density at radius 1 is 0.933 bits per heavy atom. The number of hydrogen-bond acceptors (Lipinski definition) is 1. The second kappa shape index (κ2) is 15.0. The molecule has 0 spiro atoms. The van der Waals surface area contributed by atoms with E-state index in [1.807, 2.05) is 101 Å². The fourth-order valence-electron chi connectivity index (χ4n) is 2.44. The third-order valence-electron chi connectivity index (χ3n) is 3.93. The van der Waals surface area contributed by atoms with E-state index < -0.39 is 0 Å². The van der Waals surface area contributed by atoms with Crippen LogP contribution in [-0.4, -0.2) is 24.9 Å². The van der Waals surface area contributed by atoms with Gasteiger partial charge in [-0.1, -0.05) is 92.8 Å². The zero-order valence-corrected chi connectivity index (χ0v) is 19.6. The van der Waals surface area contributed by atoms with E-state index in [9.17, 15) is 0 Å². The Bertz CT molecular complexity index is 936. The van der Waals surface area contributed by atoms with Crippen LogP contribution in [0.15, 0.2) is 106 Å². The zero-order valence-electron chi connectivity index (χ0n) is 18.4. The highest BCUT2D eigenvalue weighted by Gasteiger charge is 2.07. The van der Waals surface area contributed by atoms with Crippen LogP contribution in [0.1, 0.15) is 38.8 Å². The monoisotopic (exact) mass is 417 g/mol. The molecule has 0 aliphatic heterocycles. The van der Waals surface area contributed by atoms with Crippen molar-refractivity contribution in [1.82, 2.24) is 0 Å². The summed E-state index contributed by atoms with van der Waals surface area (Å²) >= 11 is 0. The molecule has 1 unspecified atom stereocenters. The molecule has 0 aromatic heterocycles. The quantitative estimate of drug-likeness (QED) is 0.233. The maximum absolute atomic E-state index is 4.79. The molecule has 0 bridgehead atoms. The van der Waals surface area contributed by atoms with Crippen LogP contribution < -0.4 is 5.30 Å². The van der Waals surface area contributed by atoms with Crippen molar-refractivity contribution >= 4 is 32.9 Å². The first kappa shape index (κ1) is 25.1. The third kappa shape index (κ3) is 8.63. The molecule has 1 atom stereocenters. The Labute approximate surface area is 184 Å². The number of rotatable bonds is 6. The molecular formula is C26H32N3P. The van der Waals surface area contributed by atoms with Gasteiger partial charge in [0.1, 0.15) is 0 Å². The topological polar surface area (TPSA) is 37.1 Å². The highest BCUT2D eigenvalue weighted by atomic mass is 31.0. The van der Waals surface area contributed by atoms with Crippen LogP contribution in [0.5, 0.6) is 0 Å². The molecule has 0 saturated heterocycles. The van der Waals surface area contributed by atoms with Gasteiger partial charge < -0.3 is 0 Å². The van der Waals surface area contributed by atoms with Gasteiger partial charge in [0.25, 0.3) is 0 Å². The highest BCUT2D eigenvalue weighted by Crippen LogP contribution is 2.10. The minimum Gasteiger partial charge on any atom is -0.261 e. The summed E-state index contributed by atoms with van der Waals surface area (Å²) in [4.78, 5) is 13.7. The number of amidine groups is 2. The Hall–Kier alpha value is -2.90. The predicted octanol–water partition coefficient (Wildman–Crippen LogP) is 6.19. The van der Waals surface area contributed by atoms with E-state index in [-0.39, 0.29) is 0 Å². The van der Waals surface area contributed by atoms with E-state index in [0.29, 0.717) is 18.2 Å². The van der Waals surface area contributed by atoms with Gasteiger partial charge in [0.15, 0.2) is 11.7 Å². The molecule has 2 rings (SSSR count). The summed E-state index contributed by atoms with van der Waals surface area (Å²) in [6.07, 6.45) is 10.1. The van der Waals surface area contributed by atoms with Crippen molar-refractivity contribution in [2.75, 3.05) is 6.54 Å². The van der Waals surface area contributed by atoms with E-state index >= 15 is 0 Å². The molecule has 0 radical (unpaired) electrons. The van der Waals surface area contributed by atoms with E-state index in [0.717, 1.165) is 22.0 Å². The fraction of sp³-hybridized carbons (Fsp3) is 0.192. The normalized spacial score (nSPS) is 12.8. The van der Waals surface area contributed by atoms with Crippen molar-refractivity contribution in [3.05, 3.63) is 102 Å². The van der Waals surface area contributed by atoms with Gasteiger partial charge in [0.2, 0.25) is 0 Å². The van der Waals surface area contributed by atoms with Crippen molar-refractivity contribution in [2.24, 2.45) is 15.0 Å². The lowest BCUT2D eigenvalue weighted by Gasteiger charge is -2.07. The average molecular weight is 418 g/mol. The molecule has 0 amide bonds. The van der Waals surface area contributed by atoms with Crippen LogP contribution >= 0.6 is 9.24 Å². The summed E-state index contributed by atoms with van der Waals surface area (Å²) in [5.41, 5.74) is 2.96. The minimum absolute atomic E-state index is 0.531. The smallest absolute Gasteiger partial charge is 0.161 e. The second-order valence-corrected chi connectivity index (χ2v) is 6.64. The summed E-state index contributed by atoms with van der Waals surface area (Å²) in [7, 11) is 2.71. The number of benzene rings is 2. The molecule has 0 N–H and O–H groups in total. The molecule has 0 aliphatic carbocycles. The standard InChI is InChI=1S/C24H26N3P.C2H6/c1-4-6-8-12-19(5-2)18-26-24(21-15-11-16-22(28)17-21)27-23(25-3)20-13-9-7-10-14-20;1-2/h4-17H,3,18,28H2,1-2H3;1-2H3/b6-4-,12-8-,19-5+,26-24?,27-23?;. The summed E-state index contributed by atoms with van der Waals surface area (Å²) in [5, 5.41) is 1.08. The van der Waals surface area contributed by atoms with E-state index in [1.54, 1.807) is 0 Å². The lowest BCUT2D eigenvalue weighted by Crippen LogP contribution is -2.07. The molecule has 30 heavy (non-hydrogen) atoms. The summed E-state index contributed by atoms with van der Waals surface area (Å²) in [6, 6.07) is 17.9. The van der Waals surface area contributed by atoms with E-state index in [4.69, 9.17) is 9.98 Å². The molecule has 4 heteroatoms. The molecule has 0 heterocycles. The Morgan fingerprint density at radius 3 is 2.23 bits per heavy atom. The van der Waals surface area contributed by atoms with Crippen molar-refractivity contribution in [1.29, 1.82) is 0 Å². The summed E-state index contributed by atoms with van der Waals surface area (Å²) in [5.74, 6) is 1.19. The second-order valence-electron chi connectivity index (χ2n) is 5.97. The Kier molecular flexibility index (Phi) is 12.6. The van der Waals surface area contributed by atoms with Crippen LogP contribution in [-0.2, 0) is 0 Å². The highest BCUT2D eigenvalue weighted by molar-refractivity contribution is 7.27. The van der Waals surface area contributed by atoms with E-state index in [2.05, 4.69) is 33.1 Å². The number of hydrogen-bond donors (Lipinski definition) is 0. The van der Waals surface area contributed by atoms with Crippen LogP contribution in [0, 0.1) is 0 Å². The first-order valence-corrected chi connectivity index (χ1v) is 10.7. The first-order valence-electron chi connectivity index (χ1n) is 10.1. The van der Waals surface area contributed by atoms with Gasteiger partial charge in [-0.2, -0.15) is 0 Å². The molecule has 156 valence electrons. The maximum atomic E-state index is 4.79. The van der Waals surface area contributed by atoms with Gasteiger partial charge in [-0.15, -0.1) is 9.24 Å². The maximum Gasteiger partial charge on any atom is 0.161 e. The lowest BCUT2D eigenvalue weighted by molar-refractivity contribution is 1.16. The average Bonchev–Trinajstić information content (AvgIpc) is 2.80. The van der Waals surface area contributed by atoms with Crippen LogP contribution in [0.2, 0.25) is 0 Å². The summed E-state index contributed by atoms with van der Waals surface area (Å²) in [6.45, 7) is 12.2. The van der Waals surface area contributed by atoms with Crippen LogP contribution in [0.25, 0.3) is 0 Å². The van der Waals surface area contributed by atoms with Crippen molar-refractivity contribution in [3.63, 3.8) is 0 Å². The van der Waals surface area contributed by atoms with Gasteiger partial charge in [0, 0.05) is 11.1 Å². The van der Waals surface area contributed by atoms with Gasteiger partial charge in [-0.25, -0.2) is 9.98 Å². The number of nitrogens with zero attached hydrogens (tertiary/aromatic N) is 3. The van der Waals surface area contributed by atoms with Gasteiger partial charge in [-0.05, 0) is 37.5 Å². The molecule has 3 nitrogen and oxygen atoms in total. The molecule has 2 aromatic rings. The van der Waals surface area contributed by atoms with Gasteiger partial charge >= 0.3 is 0 Å². The zero-order chi connectivity index (χ0) is 22.2. The molecular weight excluding hydrogens is 385 g/mol. The summed E-state index contributed by atoms with van der Waals surface area (Å²) < 4.78 is 0. The predicted molar refractivity (Wildman–Crippen MR) is 139 cm³/mol. The SMILES string of the molecule is C=NC(=NC(=NCC(/C=C\C=C/C)=C/C)c1cccc(P)c1)c1ccccc1.CC. The number of allylic oxidation sites excluding steroid dienone is 4. The number of aliphatic imine (C=N–C) groups is 3. The van der Waals surface area contributed by atoms with Crippen LogP contribution in [0.3, 0.4) is 0 Å². The van der Waals surface area contributed by atoms with Crippen molar-refractivity contribution < 1.29 is 0 Å². The van der Waals surface area contributed by atoms with E-state index in [1.165, 1.54) is 0 Å². The molecule has 2 aromatic carbocycles. The Balaban J connectivity index is 0.00000218. The first-order chi connectivity index (χ1) is 14.7. The largest absolute Gasteiger partial charge is 0.261 e. The van der Waals surface area contributed by atoms with Crippen LogP contribution in [0.4, 0.5) is 0 Å². The Morgan fingerprint density at radius 2 is 1.63 bits per heavy atom. The molecule has 0 aliphatic rings. The molecule has 0 saturated carbocycles. The van der Waals surface area contributed by atoms with Gasteiger partial charge in [0.05, 0.1) is 6.54 Å². The molecule has 0 fully saturated rings. The third-order valence-corrected chi connectivity index (χ3v) is 4.29. The van der Waals surface area contributed by atoms with Crippen molar-refractivity contribution in [3.8, 4) is 0 Å². The minimum atomic E-state index is 0.531. The van der Waals surface area contributed by atoms with Crippen molar-refractivity contribution in [2.45, 2.75) is 27.7 Å².